The fourth-order valence-corrected chi connectivity index (χ4v) is 3.50. The summed E-state index contributed by atoms with van der Waals surface area (Å²) in [7, 11) is 0. The number of hydrogen-bond donors (Lipinski definition) is 1. The average molecular weight is 400 g/mol. The van der Waals surface area contributed by atoms with Crippen LogP contribution >= 0.6 is 46.6 Å². The lowest BCUT2D eigenvalue weighted by Crippen LogP contribution is -1.88. The highest BCUT2D eigenvalue weighted by Crippen LogP contribution is 2.38. The summed E-state index contributed by atoms with van der Waals surface area (Å²) in [5.74, 6) is 0. The predicted molar refractivity (Wildman–Crippen MR) is 98.5 cm³/mol. The first-order valence-electron chi connectivity index (χ1n) is 6.70. The highest BCUT2D eigenvalue weighted by molar-refractivity contribution is 7.99. The maximum atomic E-state index is 11.3. The molecule has 0 aliphatic carbocycles. The van der Waals surface area contributed by atoms with Crippen LogP contribution in [0.2, 0.25) is 15.1 Å². The van der Waals surface area contributed by atoms with Gasteiger partial charge in [0, 0.05) is 21.5 Å². The first-order valence-corrected chi connectivity index (χ1v) is 8.65. The molecule has 8 heteroatoms. The summed E-state index contributed by atoms with van der Waals surface area (Å²) >= 11 is 19.1. The molecule has 0 unspecified atom stereocenters. The molecule has 3 aromatic rings. The van der Waals surface area contributed by atoms with Crippen LogP contribution in [0.5, 0.6) is 0 Å². The minimum Gasteiger partial charge on any atom is -0.344 e. The lowest BCUT2D eigenvalue weighted by molar-refractivity contribution is -0.384. The molecule has 0 amide bonds. The molecular weight excluding hydrogens is 391 g/mol. The molecule has 0 fully saturated rings. The minimum atomic E-state index is -0.417. The van der Waals surface area contributed by atoms with Gasteiger partial charge in [-0.05, 0) is 30.3 Å². The van der Waals surface area contributed by atoms with Gasteiger partial charge in [-0.2, -0.15) is 0 Å². The average Bonchev–Trinajstić information content (AvgIpc) is 2.96. The fourth-order valence-electron chi connectivity index (χ4n) is 2.12. The molecule has 1 aromatic heterocycles. The molecule has 0 aliphatic rings. The van der Waals surface area contributed by atoms with Crippen molar-refractivity contribution < 1.29 is 4.92 Å². The maximum Gasteiger partial charge on any atom is 0.295 e. The second kappa shape index (κ2) is 7.07. The molecular formula is C16H9Cl3N2O2S. The van der Waals surface area contributed by atoms with E-state index in [9.17, 15) is 10.1 Å². The zero-order valence-corrected chi connectivity index (χ0v) is 15.0. The number of H-pyrrole nitrogens is 1. The second-order valence-electron chi connectivity index (χ2n) is 4.84. The second-order valence-corrected chi connectivity index (χ2v) is 7.20. The van der Waals surface area contributed by atoms with Crippen molar-refractivity contribution in [2.45, 2.75) is 9.92 Å². The van der Waals surface area contributed by atoms with Crippen LogP contribution in [0.25, 0.3) is 11.3 Å². The van der Waals surface area contributed by atoms with Crippen LogP contribution in [-0.4, -0.2) is 9.91 Å². The number of hydrogen-bond acceptors (Lipinski definition) is 3. The molecule has 0 saturated heterocycles. The number of halogens is 3. The Morgan fingerprint density at radius 3 is 2.29 bits per heavy atom. The summed E-state index contributed by atoms with van der Waals surface area (Å²) in [5.41, 5.74) is 1.12. The van der Waals surface area contributed by atoms with E-state index >= 15 is 0 Å². The van der Waals surface area contributed by atoms with Gasteiger partial charge in [-0.1, -0.05) is 58.7 Å². The molecule has 24 heavy (non-hydrogen) atoms. The van der Waals surface area contributed by atoms with Gasteiger partial charge < -0.3 is 4.98 Å². The molecule has 122 valence electrons. The molecule has 4 nitrogen and oxygen atoms in total. The standard InChI is InChI=1S/C16H9Cl3N2O2S/c17-10-3-1-9(2-4-10)16-14(21(22)23)8-15(20-16)24-11-5-6-12(18)13(19)7-11/h1-8,20H. The molecule has 3 rings (SSSR count). The quantitative estimate of drug-likeness (QED) is 0.392. The smallest absolute Gasteiger partial charge is 0.295 e. The highest BCUT2D eigenvalue weighted by atomic mass is 35.5. The largest absolute Gasteiger partial charge is 0.344 e. The van der Waals surface area contributed by atoms with Gasteiger partial charge >= 0.3 is 0 Å². The molecule has 1 heterocycles. The number of rotatable bonds is 4. The fraction of sp³-hybridized carbons (Fsp3) is 0. The first kappa shape index (κ1) is 17.2. The molecule has 0 radical (unpaired) electrons. The van der Waals surface area contributed by atoms with Gasteiger partial charge in [0.25, 0.3) is 5.69 Å². The summed E-state index contributed by atoms with van der Waals surface area (Å²) in [6.07, 6.45) is 0. The molecule has 0 aliphatic heterocycles. The lowest BCUT2D eigenvalue weighted by Gasteiger charge is -2.01. The summed E-state index contributed by atoms with van der Waals surface area (Å²) in [4.78, 5) is 14.8. The normalized spacial score (nSPS) is 10.8. The van der Waals surface area contributed by atoms with Crippen molar-refractivity contribution in [2.75, 3.05) is 0 Å². The van der Waals surface area contributed by atoms with E-state index in [1.54, 1.807) is 42.5 Å². The number of benzene rings is 2. The topological polar surface area (TPSA) is 58.9 Å². The Kier molecular flexibility index (Phi) is 5.06. The van der Waals surface area contributed by atoms with Gasteiger partial charge in [0.2, 0.25) is 0 Å². The van der Waals surface area contributed by atoms with Crippen molar-refractivity contribution in [3.05, 3.63) is 73.7 Å². The van der Waals surface area contributed by atoms with Crippen LogP contribution < -0.4 is 0 Å². The Balaban J connectivity index is 1.98. The molecule has 1 N–H and O–H groups in total. The molecule has 0 atom stereocenters. The third-order valence-electron chi connectivity index (χ3n) is 3.22. The SMILES string of the molecule is O=[N+]([O-])c1cc(Sc2ccc(Cl)c(Cl)c2)[nH]c1-c1ccc(Cl)cc1. The van der Waals surface area contributed by atoms with Crippen molar-refractivity contribution in [3.8, 4) is 11.3 Å². The number of nitrogens with one attached hydrogen (secondary N) is 1. The van der Waals surface area contributed by atoms with Crippen LogP contribution in [0.4, 0.5) is 5.69 Å². The summed E-state index contributed by atoms with van der Waals surface area (Å²) < 4.78 is 0. The number of aromatic nitrogens is 1. The molecule has 0 bridgehead atoms. The van der Waals surface area contributed by atoms with Crippen LogP contribution in [0, 0.1) is 10.1 Å². The van der Waals surface area contributed by atoms with Crippen molar-refractivity contribution in [3.63, 3.8) is 0 Å². The van der Waals surface area contributed by atoms with E-state index in [1.165, 1.54) is 17.8 Å². The Labute approximate surface area is 156 Å². The first-order chi connectivity index (χ1) is 11.4. The molecule has 0 spiro atoms. The summed E-state index contributed by atoms with van der Waals surface area (Å²) in [6.45, 7) is 0. The van der Waals surface area contributed by atoms with E-state index < -0.39 is 4.92 Å². The van der Waals surface area contributed by atoms with Gasteiger partial charge in [0.05, 0.1) is 20.0 Å². The monoisotopic (exact) mass is 398 g/mol. The third kappa shape index (κ3) is 3.70. The molecule has 2 aromatic carbocycles. The van der Waals surface area contributed by atoms with E-state index in [2.05, 4.69) is 4.98 Å². The van der Waals surface area contributed by atoms with Gasteiger partial charge in [-0.25, -0.2) is 0 Å². The van der Waals surface area contributed by atoms with E-state index in [-0.39, 0.29) is 5.69 Å². The number of aromatic amines is 1. The van der Waals surface area contributed by atoms with Crippen LogP contribution in [0.15, 0.2) is 58.5 Å². The summed E-state index contributed by atoms with van der Waals surface area (Å²) in [5, 5.41) is 13.4. The van der Waals surface area contributed by atoms with E-state index in [4.69, 9.17) is 34.8 Å². The predicted octanol–water partition coefficient (Wildman–Crippen LogP) is 6.70. The van der Waals surface area contributed by atoms with Crippen molar-refractivity contribution in [1.29, 1.82) is 0 Å². The Bertz CT molecular complexity index is 910. The lowest BCUT2D eigenvalue weighted by atomic mass is 10.1. The van der Waals surface area contributed by atoms with Gasteiger partial charge in [0.1, 0.15) is 5.69 Å². The van der Waals surface area contributed by atoms with E-state index in [1.807, 2.05) is 0 Å². The van der Waals surface area contributed by atoms with Gasteiger partial charge in [0.15, 0.2) is 0 Å². The number of nitrogens with zero attached hydrogens (tertiary/aromatic N) is 1. The minimum absolute atomic E-state index is 0.000108. The van der Waals surface area contributed by atoms with Crippen molar-refractivity contribution in [1.82, 2.24) is 4.98 Å². The third-order valence-corrected chi connectivity index (χ3v) is 5.14. The van der Waals surface area contributed by atoms with Crippen molar-refractivity contribution >= 4 is 52.3 Å². The molecule has 0 saturated carbocycles. The van der Waals surface area contributed by atoms with E-state index in [0.29, 0.717) is 31.4 Å². The Hall–Kier alpha value is -1.66. The van der Waals surface area contributed by atoms with E-state index in [0.717, 1.165) is 4.90 Å². The van der Waals surface area contributed by atoms with Crippen LogP contribution in [0.1, 0.15) is 0 Å². The maximum absolute atomic E-state index is 11.3. The zero-order chi connectivity index (χ0) is 17.3. The van der Waals surface area contributed by atoms with Crippen molar-refractivity contribution in [2.24, 2.45) is 0 Å². The van der Waals surface area contributed by atoms with Gasteiger partial charge in [-0.3, -0.25) is 10.1 Å². The zero-order valence-electron chi connectivity index (χ0n) is 11.9. The Morgan fingerprint density at radius 1 is 0.958 bits per heavy atom. The van der Waals surface area contributed by atoms with Crippen LogP contribution in [-0.2, 0) is 0 Å². The number of nitro groups is 1. The van der Waals surface area contributed by atoms with Gasteiger partial charge in [-0.15, -0.1) is 0 Å². The highest BCUT2D eigenvalue weighted by Gasteiger charge is 2.20. The van der Waals surface area contributed by atoms with Crippen LogP contribution in [0.3, 0.4) is 0 Å². The Morgan fingerprint density at radius 2 is 1.67 bits per heavy atom. The summed E-state index contributed by atoms with van der Waals surface area (Å²) in [6, 6.07) is 13.5.